The van der Waals surface area contributed by atoms with Crippen molar-refractivity contribution in [3.8, 4) is 0 Å². The lowest BCUT2D eigenvalue weighted by Gasteiger charge is -2.23. The van der Waals surface area contributed by atoms with Crippen molar-refractivity contribution in [2.75, 3.05) is 13.6 Å². The molecule has 4 heteroatoms. The normalized spacial score (nSPS) is 21.6. The second kappa shape index (κ2) is 5.82. The summed E-state index contributed by atoms with van der Waals surface area (Å²) < 4.78 is 0. The Bertz CT molecular complexity index is 651. The van der Waals surface area contributed by atoms with Gasteiger partial charge in [0.25, 0.3) is 5.91 Å². The Kier molecular flexibility index (Phi) is 3.88. The molecule has 21 heavy (non-hydrogen) atoms. The second-order valence-corrected chi connectivity index (χ2v) is 5.82. The molecule has 0 aliphatic heterocycles. The summed E-state index contributed by atoms with van der Waals surface area (Å²) in [7, 11) is 1.81. The molecule has 1 aromatic carbocycles. The lowest BCUT2D eigenvalue weighted by molar-refractivity contribution is 0.0695. The van der Waals surface area contributed by atoms with Crippen LogP contribution in [0.4, 0.5) is 0 Å². The van der Waals surface area contributed by atoms with Gasteiger partial charge in [-0.2, -0.15) is 0 Å². The van der Waals surface area contributed by atoms with Crippen LogP contribution in [0.5, 0.6) is 0 Å². The molecule has 3 rings (SSSR count). The van der Waals surface area contributed by atoms with Crippen molar-refractivity contribution in [3.63, 3.8) is 0 Å². The van der Waals surface area contributed by atoms with Crippen LogP contribution >= 0.6 is 0 Å². The summed E-state index contributed by atoms with van der Waals surface area (Å²) in [6.45, 7) is 0.608. The molecule has 1 aromatic heterocycles. The van der Waals surface area contributed by atoms with Crippen LogP contribution in [0.15, 0.2) is 36.5 Å². The number of amides is 1. The molecule has 1 aliphatic rings. The first-order valence-electron chi connectivity index (χ1n) is 7.44. The summed E-state index contributed by atoms with van der Waals surface area (Å²) in [5.74, 6) is 0.194. The van der Waals surface area contributed by atoms with E-state index >= 15 is 0 Å². The second-order valence-electron chi connectivity index (χ2n) is 5.82. The number of carbonyl (C=O) groups is 1. The predicted molar refractivity (Wildman–Crippen MR) is 82.1 cm³/mol. The summed E-state index contributed by atoms with van der Waals surface area (Å²) in [5, 5.41) is 10.8. The van der Waals surface area contributed by atoms with Crippen LogP contribution in [0.25, 0.3) is 10.9 Å². The minimum Gasteiger partial charge on any atom is -0.393 e. The molecule has 1 N–H and O–H groups in total. The maximum absolute atomic E-state index is 12.7. The van der Waals surface area contributed by atoms with E-state index < -0.39 is 0 Å². The average Bonchev–Trinajstić information content (AvgIpc) is 2.91. The molecule has 2 atom stereocenters. The molecule has 0 bridgehead atoms. The van der Waals surface area contributed by atoms with Crippen LogP contribution in [0.1, 0.15) is 29.6 Å². The Morgan fingerprint density at radius 1 is 1.33 bits per heavy atom. The van der Waals surface area contributed by atoms with Crippen LogP contribution in [-0.4, -0.2) is 40.6 Å². The smallest absolute Gasteiger partial charge is 0.254 e. The predicted octanol–water partition coefficient (Wildman–Crippen LogP) is 2.47. The first-order valence-corrected chi connectivity index (χ1v) is 7.44. The molecular weight excluding hydrogens is 264 g/mol. The lowest BCUT2D eigenvalue weighted by atomic mass is 10.0. The Morgan fingerprint density at radius 2 is 2.14 bits per heavy atom. The molecular formula is C17H20N2O2. The van der Waals surface area contributed by atoms with E-state index in [1.807, 2.05) is 31.3 Å². The van der Waals surface area contributed by atoms with Crippen molar-refractivity contribution in [1.82, 2.24) is 9.88 Å². The third kappa shape index (κ3) is 2.76. The number of fused-ring (bicyclic) bond motifs is 1. The van der Waals surface area contributed by atoms with E-state index in [1.54, 1.807) is 17.2 Å². The van der Waals surface area contributed by atoms with Gasteiger partial charge in [0.15, 0.2) is 0 Å². The van der Waals surface area contributed by atoms with Crippen molar-refractivity contribution in [1.29, 1.82) is 0 Å². The highest BCUT2D eigenvalue weighted by Gasteiger charge is 2.28. The summed E-state index contributed by atoms with van der Waals surface area (Å²) in [5.41, 5.74) is 1.51. The van der Waals surface area contributed by atoms with Gasteiger partial charge in [-0.05, 0) is 25.0 Å². The monoisotopic (exact) mass is 284 g/mol. The van der Waals surface area contributed by atoms with E-state index in [2.05, 4.69) is 4.98 Å². The van der Waals surface area contributed by atoms with Crippen LogP contribution in [0.2, 0.25) is 0 Å². The molecule has 1 amide bonds. The highest BCUT2D eigenvalue weighted by atomic mass is 16.3. The van der Waals surface area contributed by atoms with Crippen molar-refractivity contribution < 1.29 is 9.90 Å². The fraction of sp³-hybridized carbons (Fsp3) is 0.412. The number of nitrogens with zero attached hydrogens (tertiary/aromatic N) is 2. The van der Waals surface area contributed by atoms with Crippen molar-refractivity contribution in [2.24, 2.45) is 5.92 Å². The number of hydrogen-bond donors (Lipinski definition) is 1. The fourth-order valence-electron chi connectivity index (χ4n) is 3.15. The largest absolute Gasteiger partial charge is 0.393 e. The van der Waals surface area contributed by atoms with Crippen LogP contribution in [0, 0.1) is 5.92 Å². The molecule has 2 aromatic rings. The molecule has 2 unspecified atom stereocenters. The molecule has 1 saturated carbocycles. The van der Waals surface area contributed by atoms with Gasteiger partial charge in [-0.3, -0.25) is 9.78 Å². The number of hydrogen-bond acceptors (Lipinski definition) is 3. The van der Waals surface area contributed by atoms with Gasteiger partial charge in [0.05, 0.1) is 17.2 Å². The van der Waals surface area contributed by atoms with Gasteiger partial charge < -0.3 is 10.0 Å². The van der Waals surface area contributed by atoms with E-state index in [0.717, 1.165) is 30.2 Å². The Hall–Kier alpha value is -1.94. The molecule has 4 nitrogen and oxygen atoms in total. The summed E-state index contributed by atoms with van der Waals surface area (Å²) in [4.78, 5) is 18.7. The van der Waals surface area contributed by atoms with Crippen LogP contribution in [0.3, 0.4) is 0 Å². The van der Waals surface area contributed by atoms with Crippen molar-refractivity contribution >= 4 is 16.8 Å². The third-order valence-electron chi connectivity index (χ3n) is 4.35. The number of benzene rings is 1. The molecule has 0 radical (unpaired) electrons. The molecule has 0 saturated heterocycles. The Labute approximate surface area is 124 Å². The molecule has 1 heterocycles. The quantitative estimate of drug-likeness (QED) is 0.942. The van der Waals surface area contributed by atoms with Gasteiger partial charge in [0, 0.05) is 31.1 Å². The van der Waals surface area contributed by atoms with Gasteiger partial charge in [0.2, 0.25) is 0 Å². The number of para-hydroxylation sites is 1. The van der Waals surface area contributed by atoms with Gasteiger partial charge in [-0.1, -0.05) is 24.6 Å². The third-order valence-corrected chi connectivity index (χ3v) is 4.35. The number of aliphatic hydroxyl groups excluding tert-OH is 1. The zero-order valence-electron chi connectivity index (χ0n) is 12.2. The van der Waals surface area contributed by atoms with Crippen LogP contribution in [-0.2, 0) is 0 Å². The highest BCUT2D eigenvalue weighted by molar-refractivity contribution is 6.05. The van der Waals surface area contributed by atoms with E-state index in [4.69, 9.17) is 0 Å². The first-order chi connectivity index (χ1) is 10.2. The number of carbonyl (C=O) groups excluding carboxylic acids is 1. The highest BCUT2D eigenvalue weighted by Crippen LogP contribution is 2.27. The lowest BCUT2D eigenvalue weighted by Crippen LogP contribution is -2.34. The summed E-state index contributed by atoms with van der Waals surface area (Å²) in [6, 6.07) is 9.44. The summed E-state index contributed by atoms with van der Waals surface area (Å²) >= 11 is 0. The molecule has 1 fully saturated rings. The average molecular weight is 284 g/mol. The SMILES string of the molecule is CN(CC1CCCC1O)C(=O)c1ccnc2ccccc12. The minimum absolute atomic E-state index is 0.00676. The van der Waals surface area contributed by atoms with E-state index in [0.29, 0.717) is 12.1 Å². The standard InChI is InChI=1S/C17H20N2O2/c1-19(11-12-5-4-8-16(12)20)17(21)14-9-10-18-15-7-3-2-6-13(14)15/h2-3,6-7,9-10,12,16,20H,4-5,8,11H2,1H3. The number of aliphatic hydroxyl groups is 1. The maximum Gasteiger partial charge on any atom is 0.254 e. The molecule has 110 valence electrons. The van der Waals surface area contributed by atoms with Gasteiger partial charge in [-0.15, -0.1) is 0 Å². The number of aromatic nitrogens is 1. The molecule has 0 spiro atoms. The van der Waals surface area contributed by atoms with Crippen LogP contribution < -0.4 is 0 Å². The first kappa shape index (κ1) is 14.0. The van der Waals surface area contributed by atoms with Gasteiger partial charge >= 0.3 is 0 Å². The molecule has 1 aliphatic carbocycles. The van der Waals surface area contributed by atoms with E-state index in [-0.39, 0.29) is 17.9 Å². The van der Waals surface area contributed by atoms with Gasteiger partial charge in [-0.25, -0.2) is 0 Å². The topological polar surface area (TPSA) is 53.4 Å². The Morgan fingerprint density at radius 3 is 2.90 bits per heavy atom. The van der Waals surface area contributed by atoms with Crippen molar-refractivity contribution in [3.05, 3.63) is 42.1 Å². The van der Waals surface area contributed by atoms with Gasteiger partial charge in [0.1, 0.15) is 0 Å². The minimum atomic E-state index is -0.269. The zero-order chi connectivity index (χ0) is 14.8. The fourth-order valence-corrected chi connectivity index (χ4v) is 3.15. The number of pyridine rings is 1. The zero-order valence-corrected chi connectivity index (χ0v) is 12.2. The summed E-state index contributed by atoms with van der Waals surface area (Å²) in [6.07, 6.45) is 4.30. The number of rotatable bonds is 3. The maximum atomic E-state index is 12.7. The van der Waals surface area contributed by atoms with Crippen molar-refractivity contribution in [2.45, 2.75) is 25.4 Å². The van der Waals surface area contributed by atoms with E-state index in [9.17, 15) is 9.90 Å². The van der Waals surface area contributed by atoms with E-state index in [1.165, 1.54) is 0 Å². The Balaban J connectivity index is 1.83.